The summed E-state index contributed by atoms with van der Waals surface area (Å²) in [4.78, 5) is 33.3. The Morgan fingerprint density at radius 2 is 1.87 bits per heavy atom. The zero-order chi connectivity index (χ0) is 26.7. The lowest BCUT2D eigenvalue weighted by Gasteiger charge is -2.29. The van der Waals surface area contributed by atoms with Crippen molar-refractivity contribution in [2.75, 3.05) is 55.7 Å². The first-order valence-corrected chi connectivity index (χ1v) is 14.1. The van der Waals surface area contributed by atoms with E-state index in [-0.39, 0.29) is 11.5 Å². The van der Waals surface area contributed by atoms with Gasteiger partial charge in [0.25, 0.3) is 5.56 Å². The van der Waals surface area contributed by atoms with E-state index in [0.29, 0.717) is 42.9 Å². The van der Waals surface area contributed by atoms with Crippen LogP contribution in [0.1, 0.15) is 39.0 Å². The van der Waals surface area contributed by atoms with Gasteiger partial charge in [-0.25, -0.2) is 0 Å². The third kappa shape index (κ3) is 7.45. The van der Waals surface area contributed by atoms with E-state index in [0.717, 1.165) is 63.1 Å². The number of aromatic amines is 1. The van der Waals surface area contributed by atoms with Crippen molar-refractivity contribution in [3.05, 3.63) is 63.7 Å². The Labute approximate surface area is 229 Å². The fourth-order valence-corrected chi connectivity index (χ4v) is 5.17. The molecule has 3 aromatic rings. The minimum atomic E-state index is -0.0618. The number of hydrogen-bond acceptors (Lipinski definition) is 6. The number of aromatic nitrogens is 2. The Morgan fingerprint density at radius 1 is 1.08 bits per heavy atom. The first-order valence-electron chi connectivity index (χ1n) is 13.7. The summed E-state index contributed by atoms with van der Waals surface area (Å²) in [7, 11) is 0. The zero-order valence-electron chi connectivity index (χ0n) is 22.3. The van der Waals surface area contributed by atoms with E-state index >= 15 is 0 Å². The van der Waals surface area contributed by atoms with Crippen molar-refractivity contribution in [1.82, 2.24) is 14.9 Å². The second kappa shape index (κ2) is 14.1. The van der Waals surface area contributed by atoms with Crippen LogP contribution >= 0.6 is 12.2 Å². The van der Waals surface area contributed by atoms with Crippen molar-refractivity contribution in [3.8, 4) is 0 Å². The topological polar surface area (TPSA) is 82.6 Å². The van der Waals surface area contributed by atoms with Crippen LogP contribution in [-0.4, -0.2) is 61.4 Å². The standard InChI is InChI=1S/C29H39N5O3S/c1-2-32(23-10-5-3-6-11-23)16-9-15-30-27(35)12-7-4-8-17-34-28(36)25-22-24(33-18-20-37-21-19-33)13-14-26(25)31-29(34)38/h3,5-6,10-11,13-14,22H,2,4,7-9,12,15-21H2,1H3,(H,30,35)(H,31,38). The van der Waals surface area contributed by atoms with Crippen LogP contribution in [0.15, 0.2) is 53.3 Å². The van der Waals surface area contributed by atoms with Gasteiger partial charge in [0.15, 0.2) is 4.77 Å². The van der Waals surface area contributed by atoms with Crippen molar-refractivity contribution in [2.24, 2.45) is 0 Å². The molecule has 0 bridgehead atoms. The van der Waals surface area contributed by atoms with Gasteiger partial charge in [0.1, 0.15) is 0 Å². The lowest BCUT2D eigenvalue weighted by Crippen LogP contribution is -2.36. The number of unbranched alkanes of at least 4 members (excludes halogenated alkanes) is 2. The summed E-state index contributed by atoms with van der Waals surface area (Å²) in [5, 5.41) is 3.69. The Morgan fingerprint density at radius 3 is 2.63 bits per heavy atom. The molecule has 0 radical (unpaired) electrons. The number of fused-ring (bicyclic) bond motifs is 1. The van der Waals surface area contributed by atoms with E-state index in [1.54, 1.807) is 4.57 Å². The first-order chi connectivity index (χ1) is 18.6. The molecule has 8 nitrogen and oxygen atoms in total. The van der Waals surface area contributed by atoms with Crippen LogP contribution in [0.2, 0.25) is 0 Å². The summed E-state index contributed by atoms with van der Waals surface area (Å²) in [5.41, 5.74) is 2.94. The molecule has 1 aromatic heterocycles. The van der Waals surface area contributed by atoms with E-state index in [4.69, 9.17) is 17.0 Å². The number of amides is 1. The molecule has 2 heterocycles. The zero-order valence-corrected chi connectivity index (χ0v) is 23.1. The van der Waals surface area contributed by atoms with Crippen LogP contribution < -0.4 is 20.7 Å². The molecule has 1 aliphatic heterocycles. The number of nitrogens with one attached hydrogen (secondary N) is 2. The van der Waals surface area contributed by atoms with E-state index in [2.05, 4.69) is 39.2 Å². The van der Waals surface area contributed by atoms with Gasteiger partial charge in [-0.15, -0.1) is 0 Å². The molecule has 204 valence electrons. The molecule has 9 heteroatoms. The summed E-state index contributed by atoms with van der Waals surface area (Å²) >= 11 is 5.47. The average molecular weight is 538 g/mol. The molecular formula is C29H39N5O3S. The maximum Gasteiger partial charge on any atom is 0.262 e. The maximum absolute atomic E-state index is 13.2. The molecule has 0 aliphatic carbocycles. The number of H-pyrrole nitrogens is 1. The average Bonchev–Trinajstić information content (AvgIpc) is 2.95. The molecule has 0 atom stereocenters. The molecule has 4 rings (SSSR count). The van der Waals surface area contributed by atoms with Gasteiger partial charge in [0.2, 0.25) is 5.91 Å². The minimum Gasteiger partial charge on any atom is -0.378 e. The number of morpholine rings is 1. The van der Waals surface area contributed by atoms with Gasteiger partial charge >= 0.3 is 0 Å². The molecule has 0 unspecified atom stereocenters. The van der Waals surface area contributed by atoms with Gasteiger partial charge in [0, 0.05) is 57.1 Å². The summed E-state index contributed by atoms with van der Waals surface area (Å²) in [6.07, 6.45) is 3.85. The number of rotatable bonds is 13. The molecule has 0 saturated carbocycles. The monoisotopic (exact) mass is 537 g/mol. The second-order valence-corrected chi connectivity index (χ2v) is 10.0. The van der Waals surface area contributed by atoms with Gasteiger partial charge in [0.05, 0.1) is 24.1 Å². The number of anilines is 2. The van der Waals surface area contributed by atoms with Crippen molar-refractivity contribution < 1.29 is 9.53 Å². The van der Waals surface area contributed by atoms with E-state index < -0.39 is 0 Å². The maximum atomic E-state index is 13.2. The highest BCUT2D eigenvalue weighted by Crippen LogP contribution is 2.20. The Balaban J connectivity index is 1.20. The Kier molecular flexibility index (Phi) is 10.3. The predicted octanol–water partition coefficient (Wildman–Crippen LogP) is 4.49. The van der Waals surface area contributed by atoms with Crippen molar-refractivity contribution in [3.63, 3.8) is 0 Å². The van der Waals surface area contributed by atoms with Crippen molar-refractivity contribution >= 4 is 40.4 Å². The lowest BCUT2D eigenvalue weighted by atomic mass is 10.1. The van der Waals surface area contributed by atoms with Gasteiger partial charge in [-0.1, -0.05) is 24.6 Å². The number of carbonyl (C=O) groups is 1. The fraction of sp³-hybridized carbons (Fsp3) is 0.483. The molecule has 1 aliphatic rings. The van der Waals surface area contributed by atoms with E-state index in [1.807, 2.05) is 36.4 Å². The first kappa shape index (κ1) is 27.9. The Bertz CT molecular complexity index is 1300. The van der Waals surface area contributed by atoms with Gasteiger partial charge in [-0.3, -0.25) is 14.2 Å². The summed E-state index contributed by atoms with van der Waals surface area (Å²) in [6.45, 7) is 8.25. The number of para-hydroxylation sites is 1. The van der Waals surface area contributed by atoms with Crippen LogP contribution in [0, 0.1) is 4.77 Å². The van der Waals surface area contributed by atoms with Crippen LogP contribution in [0.3, 0.4) is 0 Å². The quantitative estimate of drug-likeness (QED) is 0.247. The lowest BCUT2D eigenvalue weighted by molar-refractivity contribution is -0.121. The van der Waals surface area contributed by atoms with Crippen LogP contribution in [-0.2, 0) is 16.1 Å². The largest absolute Gasteiger partial charge is 0.378 e. The van der Waals surface area contributed by atoms with Gasteiger partial charge < -0.3 is 24.8 Å². The molecule has 2 aromatic carbocycles. The van der Waals surface area contributed by atoms with E-state index in [9.17, 15) is 9.59 Å². The molecule has 1 amide bonds. The molecule has 1 saturated heterocycles. The summed E-state index contributed by atoms with van der Waals surface area (Å²) < 4.78 is 7.53. The third-order valence-electron chi connectivity index (χ3n) is 7.06. The smallest absolute Gasteiger partial charge is 0.262 e. The summed E-state index contributed by atoms with van der Waals surface area (Å²) in [6, 6.07) is 16.3. The van der Waals surface area contributed by atoms with E-state index in [1.165, 1.54) is 5.69 Å². The number of hydrogen-bond donors (Lipinski definition) is 2. The van der Waals surface area contributed by atoms with Crippen LogP contribution in [0.5, 0.6) is 0 Å². The highest BCUT2D eigenvalue weighted by molar-refractivity contribution is 7.71. The minimum absolute atomic E-state index is 0.0618. The summed E-state index contributed by atoms with van der Waals surface area (Å²) in [5.74, 6) is 0.0866. The number of ether oxygens (including phenoxy) is 1. The molecule has 38 heavy (non-hydrogen) atoms. The molecular weight excluding hydrogens is 498 g/mol. The normalized spacial score (nSPS) is 13.6. The second-order valence-electron chi connectivity index (χ2n) is 9.65. The highest BCUT2D eigenvalue weighted by Gasteiger charge is 2.14. The molecule has 1 fully saturated rings. The highest BCUT2D eigenvalue weighted by atomic mass is 32.1. The fourth-order valence-electron chi connectivity index (χ4n) is 4.89. The molecule has 2 N–H and O–H groups in total. The number of carbonyl (C=O) groups excluding carboxylic acids is 1. The molecule has 0 spiro atoms. The predicted molar refractivity (Wildman–Crippen MR) is 157 cm³/mol. The van der Waals surface area contributed by atoms with Crippen LogP contribution in [0.25, 0.3) is 10.9 Å². The van der Waals surface area contributed by atoms with Crippen molar-refractivity contribution in [1.29, 1.82) is 0 Å². The van der Waals surface area contributed by atoms with Gasteiger partial charge in [-0.05, 0) is 68.7 Å². The SMILES string of the molecule is CCN(CCCNC(=O)CCCCCn1c(=S)[nH]c2ccc(N3CCOCC3)cc2c1=O)c1ccccc1. The third-order valence-corrected chi connectivity index (χ3v) is 7.38. The number of nitrogens with zero attached hydrogens (tertiary/aromatic N) is 3. The van der Waals surface area contributed by atoms with Gasteiger partial charge in [-0.2, -0.15) is 0 Å². The van der Waals surface area contributed by atoms with Crippen molar-refractivity contribution in [2.45, 2.75) is 45.6 Å². The number of benzene rings is 2. The van der Waals surface area contributed by atoms with Crippen LogP contribution in [0.4, 0.5) is 11.4 Å². The Hall–Kier alpha value is -3.17.